The third-order valence-electron chi connectivity index (χ3n) is 11.1. The van der Waals surface area contributed by atoms with Gasteiger partial charge in [0.25, 0.3) is 11.8 Å². The Labute approximate surface area is 251 Å². The fraction of sp³-hybridized carbons (Fsp3) is 0.471. The van der Waals surface area contributed by atoms with Crippen LogP contribution in [0.5, 0.6) is 17.2 Å². The van der Waals surface area contributed by atoms with Crippen molar-refractivity contribution in [2.75, 3.05) is 54.0 Å². The van der Waals surface area contributed by atoms with Crippen molar-refractivity contribution < 1.29 is 23.8 Å². The largest absolute Gasteiger partial charge is 0.497 e. The maximum atomic E-state index is 14.0. The average Bonchev–Trinajstić information content (AvgIpc) is 3.56. The van der Waals surface area contributed by atoms with Crippen molar-refractivity contribution in [2.24, 2.45) is 5.92 Å². The van der Waals surface area contributed by atoms with Gasteiger partial charge in [-0.25, -0.2) is 0 Å². The van der Waals surface area contributed by atoms with Crippen molar-refractivity contribution >= 4 is 11.8 Å². The predicted octanol–water partition coefficient (Wildman–Crippen LogP) is 3.74. The lowest BCUT2D eigenvalue weighted by molar-refractivity contribution is -0.0256. The molecule has 2 aliphatic carbocycles. The first-order chi connectivity index (χ1) is 20.8. The number of likely N-dealkylation sites (tertiary alicyclic amines) is 1. The Bertz CT molecular complexity index is 1640. The van der Waals surface area contributed by atoms with Crippen LogP contribution in [0, 0.1) is 12.8 Å². The molecule has 2 bridgehead atoms. The highest BCUT2D eigenvalue weighted by molar-refractivity contribution is 5.96. The van der Waals surface area contributed by atoms with Crippen LogP contribution in [0.1, 0.15) is 61.3 Å². The number of carbonyl (C=O) groups excluding carboxylic acids is 2. The van der Waals surface area contributed by atoms with E-state index in [2.05, 4.69) is 29.9 Å². The molecule has 3 aliphatic heterocycles. The normalized spacial score (nSPS) is 26.8. The summed E-state index contributed by atoms with van der Waals surface area (Å²) >= 11 is 0. The predicted molar refractivity (Wildman–Crippen MR) is 160 cm³/mol. The van der Waals surface area contributed by atoms with Crippen LogP contribution in [0.2, 0.25) is 0 Å². The number of aromatic amines is 1. The minimum Gasteiger partial charge on any atom is -0.497 e. The second kappa shape index (κ2) is 9.51. The number of ether oxygens (including phenoxy) is 3. The first kappa shape index (κ1) is 26.6. The van der Waals surface area contributed by atoms with E-state index in [0.717, 1.165) is 54.3 Å². The van der Waals surface area contributed by atoms with Gasteiger partial charge in [-0.2, -0.15) is 0 Å². The van der Waals surface area contributed by atoms with Crippen LogP contribution in [0.4, 0.5) is 0 Å². The molecule has 1 unspecified atom stereocenters. The van der Waals surface area contributed by atoms with E-state index < -0.39 is 0 Å². The van der Waals surface area contributed by atoms with E-state index in [1.54, 1.807) is 38.5 Å². The van der Waals surface area contributed by atoms with Gasteiger partial charge in [-0.15, -0.1) is 0 Å². The lowest BCUT2D eigenvalue weighted by Crippen LogP contribution is -2.62. The molecule has 1 aromatic heterocycles. The number of hydrogen-bond donors (Lipinski definition) is 1. The summed E-state index contributed by atoms with van der Waals surface area (Å²) in [6.07, 6.45) is 2.80. The van der Waals surface area contributed by atoms with Crippen molar-refractivity contribution in [1.29, 1.82) is 0 Å². The van der Waals surface area contributed by atoms with Crippen LogP contribution in [-0.4, -0.2) is 91.5 Å². The molecule has 9 nitrogen and oxygen atoms in total. The van der Waals surface area contributed by atoms with Gasteiger partial charge in [0, 0.05) is 48.8 Å². The molecule has 4 heterocycles. The van der Waals surface area contributed by atoms with Gasteiger partial charge in [0.05, 0.1) is 19.9 Å². The lowest BCUT2D eigenvalue weighted by atomic mass is 9.51. The second-order valence-corrected chi connectivity index (χ2v) is 12.8. The molecular weight excluding hydrogens is 544 g/mol. The third kappa shape index (κ3) is 3.60. The fourth-order valence-corrected chi connectivity index (χ4v) is 8.84. The van der Waals surface area contributed by atoms with E-state index >= 15 is 0 Å². The highest BCUT2D eigenvalue weighted by atomic mass is 16.5. The van der Waals surface area contributed by atoms with E-state index in [0.29, 0.717) is 49.4 Å². The summed E-state index contributed by atoms with van der Waals surface area (Å²) in [7, 11) is 5.58. The highest BCUT2D eigenvalue weighted by Crippen LogP contribution is 2.67. The monoisotopic (exact) mass is 582 g/mol. The summed E-state index contributed by atoms with van der Waals surface area (Å²) < 4.78 is 17.9. The summed E-state index contributed by atoms with van der Waals surface area (Å²) in [6, 6.07) is 11.9. The number of nitrogens with one attached hydrogen (secondary N) is 1. The molecule has 224 valence electrons. The van der Waals surface area contributed by atoms with E-state index in [9.17, 15) is 9.59 Å². The summed E-state index contributed by atoms with van der Waals surface area (Å²) in [5.41, 5.74) is 7.20. The number of likely N-dealkylation sites (N-methyl/N-ethyl adjacent to an activating group) is 1. The molecule has 2 amide bonds. The van der Waals surface area contributed by atoms with Gasteiger partial charge in [0.2, 0.25) is 0 Å². The first-order valence-corrected chi connectivity index (χ1v) is 15.4. The molecule has 0 radical (unpaired) electrons. The zero-order chi connectivity index (χ0) is 29.6. The van der Waals surface area contributed by atoms with Gasteiger partial charge < -0.3 is 33.9 Å². The Kier molecular flexibility index (Phi) is 5.89. The highest BCUT2D eigenvalue weighted by Gasteiger charge is 2.65. The summed E-state index contributed by atoms with van der Waals surface area (Å²) in [4.78, 5) is 37.0. The number of rotatable bonds is 4. The quantitative estimate of drug-likeness (QED) is 0.505. The molecule has 2 saturated heterocycles. The number of piperazine rings is 1. The Hall–Kier alpha value is -3.98. The molecule has 8 rings (SSSR count). The number of nitrogens with zero attached hydrogens (tertiary/aromatic N) is 3. The number of piperidine rings is 1. The number of fused-ring (bicyclic) bond motifs is 2. The fourth-order valence-electron chi connectivity index (χ4n) is 8.84. The standard InChI is InChI=1S/C34H38N4O5/c1-19-23-18-24-25-17-21-7-10-26(42-4)30-27(21)34(24,11-12-36(25)2)31(43-30)29(23)35-28(19)33(40)38-15-13-37(14-16-38)32(39)20-5-8-22(41-3)9-6-20/h5-10,24-25,31,35H,11-18H2,1-4H3/t24?,25-,31-,34-/m0/s1. The molecular formula is C34H38N4O5. The molecule has 1 spiro atoms. The molecule has 0 saturated carbocycles. The Balaban J connectivity index is 1.08. The minimum atomic E-state index is -0.165. The summed E-state index contributed by atoms with van der Waals surface area (Å²) in [5, 5.41) is 0. The number of H-pyrrole nitrogens is 1. The van der Waals surface area contributed by atoms with E-state index in [1.165, 1.54) is 16.7 Å². The van der Waals surface area contributed by atoms with Gasteiger partial charge in [0.1, 0.15) is 17.5 Å². The van der Waals surface area contributed by atoms with E-state index in [1.807, 2.05) is 15.9 Å². The van der Waals surface area contributed by atoms with Crippen molar-refractivity contribution in [3.05, 3.63) is 75.6 Å². The maximum Gasteiger partial charge on any atom is 0.270 e. The smallest absolute Gasteiger partial charge is 0.270 e. The molecule has 43 heavy (non-hydrogen) atoms. The van der Waals surface area contributed by atoms with Crippen LogP contribution in [0.25, 0.3) is 0 Å². The molecule has 4 atom stereocenters. The number of methoxy groups -OCH3 is 2. The number of aromatic nitrogens is 1. The summed E-state index contributed by atoms with van der Waals surface area (Å²) in [5.74, 6) is 2.79. The molecule has 2 fully saturated rings. The number of amides is 2. The van der Waals surface area contributed by atoms with Crippen molar-refractivity contribution in [3.8, 4) is 17.2 Å². The average molecular weight is 583 g/mol. The van der Waals surface area contributed by atoms with Gasteiger partial charge in [-0.3, -0.25) is 9.59 Å². The van der Waals surface area contributed by atoms with Crippen LogP contribution in [0.3, 0.4) is 0 Å². The molecule has 3 aromatic rings. The topological polar surface area (TPSA) is 87.3 Å². The van der Waals surface area contributed by atoms with Crippen LogP contribution in [-0.2, 0) is 18.3 Å². The molecule has 9 heteroatoms. The zero-order valence-electron chi connectivity index (χ0n) is 25.2. The third-order valence-corrected chi connectivity index (χ3v) is 11.1. The first-order valence-electron chi connectivity index (χ1n) is 15.4. The SMILES string of the molecule is COc1ccc(C(=O)N2CCN(C(=O)c3[nH]c4c(c3C)CC3[C@@H]5Cc6ccc(OC)c7c6[C@@]3(CCN5C)[C@H]4O7)CC2)cc1. The Morgan fingerprint density at radius 1 is 0.930 bits per heavy atom. The maximum absolute atomic E-state index is 14.0. The van der Waals surface area contributed by atoms with Crippen LogP contribution in [0.15, 0.2) is 36.4 Å². The Morgan fingerprint density at radius 3 is 2.35 bits per heavy atom. The number of benzene rings is 2. The molecule has 1 N–H and O–H groups in total. The zero-order valence-corrected chi connectivity index (χ0v) is 25.2. The van der Waals surface area contributed by atoms with Gasteiger partial charge in [0.15, 0.2) is 11.5 Å². The van der Waals surface area contributed by atoms with Crippen molar-refractivity contribution in [2.45, 2.75) is 43.7 Å². The molecule has 2 aromatic carbocycles. The van der Waals surface area contributed by atoms with Crippen LogP contribution < -0.4 is 14.2 Å². The minimum absolute atomic E-state index is 0.00205. The lowest BCUT2D eigenvalue weighted by Gasteiger charge is -2.57. The second-order valence-electron chi connectivity index (χ2n) is 12.8. The Morgan fingerprint density at radius 2 is 1.65 bits per heavy atom. The molecule has 5 aliphatic rings. The van der Waals surface area contributed by atoms with Gasteiger partial charge >= 0.3 is 0 Å². The summed E-state index contributed by atoms with van der Waals surface area (Å²) in [6.45, 7) is 5.10. The van der Waals surface area contributed by atoms with E-state index in [4.69, 9.17) is 14.2 Å². The van der Waals surface area contributed by atoms with Gasteiger partial charge in [-0.05, 0) is 92.7 Å². The number of carbonyl (C=O) groups is 2. The van der Waals surface area contributed by atoms with Crippen molar-refractivity contribution in [1.82, 2.24) is 19.7 Å². The number of hydrogen-bond acceptors (Lipinski definition) is 6. The van der Waals surface area contributed by atoms with E-state index in [-0.39, 0.29) is 23.3 Å². The van der Waals surface area contributed by atoms with Crippen molar-refractivity contribution in [3.63, 3.8) is 0 Å². The van der Waals surface area contributed by atoms with Gasteiger partial charge in [-0.1, -0.05) is 6.07 Å². The van der Waals surface area contributed by atoms with Crippen LogP contribution >= 0.6 is 0 Å².